The Hall–Kier alpha value is -2.43. The highest BCUT2D eigenvalue weighted by Gasteiger charge is 2.03. The maximum Gasteiger partial charge on any atom is 0.315 e. The molecule has 1 aromatic carbocycles. The monoisotopic (exact) mass is 288 g/mol. The summed E-state index contributed by atoms with van der Waals surface area (Å²) in [7, 11) is 0. The highest BCUT2D eigenvalue weighted by atomic mass is 16.5. The minimum absolute atomic E-state index is 0.240. The third-order valence-corrected chi connectivity index (χ3v) is 3.20. The Balaban J connectivity index is 1.65. The van der Waals surface area contributed by atoms with Gasteiger partial charge in [-0.3, -0.25) is 0 Å². The number of nitrogens with one attached hydrogen (secondary N) is 2. The highest BCUT2D eigenvalue weighted by Crippen LogP contribution is 2.20. The minimum atomic E-state index is -0.240. The molecule has 5 heteroatoms. The molecule has 1 heterocycles. The molecule has 2 amide bonds. The Kier molecular flexibility index (Phi) is 5.26. The van der Waals surface area contributed by atoms with E-state index in [1.807, 2.05) is 38.1 Å². The largest absolute Gasteiger partial charge is 0.491 e. The number of urea groups is 1. The molecule has 0 unspecified atom stereocenters. The number of amides is 2. The van der Waals surface area contributed by atoms with Crippen molar-refractivity contribution in [3.8, 4) is 5.75 Å². The van der Waals surface area contributed by atoms with Crippen molar-refractivity contribution in [2.24, 2.45) is 0 Å². The zero-order valence-electron chi connectivity index (χ0n) is 12.3. The van der Waals surface area contributed by atoms with Crippen LogP contribution in [-0.4, -0.2) is 19.2 Å². The second-order valence-electron chi connectivity index (χ2n) is 4.74. The first kappa shape index (κ1) is 15.0. The fraction of sp³-hybridized carbons (Fsp3) is 0.312. The first-order chi connectivity index (χ1) is 10.2. The first-order valence-electron chi connectivity index (χ1n) is 6.90. The predicted molar refractivity (Wildman–Crippen MR) is 80.4 cm³/mol. The van der Waals surface area contributed by atoms with Gasteiger partial charge < -0.3 is 19.8 Å². The van der Waals surface area contributed by atoms with E-state index in [2.05, 4.69) is 10.6 Å². The highest BCUT2D eigenvalue weighted by molar-refractivity contribution is 5.73. The van der Waals surface area contributed by atoms with Crippen LogP contribution in [0.1, 0.15) is 16.9 Å². The fourth-order valence-corrected chi connectivity index (χ4v) is 1.85. The Bertz CT molecular complexity index is 579. The van der Waals surface area contributed by atoms with E-state index in [1.165, 1.54) is 5.56 Å². The van der Waals surface area contributed by atoms with E-state index in [9.17, 15) is 4.79 Å². The van der Waals surface area contributed by atoms with Crippen LogP contribution in [-0.2, 0) is 6.54 Å². The average molecular weight is 288 g/mol. The molecule has 0 saturated carbocycles. The number of carbonyl (C=O) groups is 1. The quantitative estimate of drug-likeness (QED) is 0.803. The zero-order chi connectivity index (χ0) is 15.1. The lowest BCUT2D eigenvalue weighted by Gasteiger charge is -2.11. The normalized spacial score (nSPS) is 10.2. The minimum Gasteiger partial charge on any atom is -0.491 e. The second kappa shape index (κ2) is 7.38. The molecule has 0 atom stereocenters. The first-order valence-corrected chi connectivity index (χ1v) is 6.90. The lowest BCUT2D eigenvalue weighted by atomic mass is 10.1. The molecular weight excluding hydrogens is 268 g/mol. The van der Waals surface area contributed by atoms with Crippen molar-refractivity contribution in [3.05, 3.63) is 53.5 Å². The van der Waals surface area contributed by atoms with E-state index in [-0.39, 0.29) is 6.03 Å². The van der Waals surface area contributed by atoms with E-state index >= 15 is 0 Å². The summed E-state index contributed by atoms with van der Waals surface area (Å²) >= 11 is 0. The molecule has 0 saturated heterocycles. The van der Waals surface area contributed by atoms with Gasteiger partial charge in [0.2, 0.25) is 0 Å². The van der Waals surface area contributed by atoms with E-state index in [0.29, 0.717) is 19.7 Å². The van der Waals surface area contributed by atoms with E-state index < -0.39 is 0 Å². The third-order valence-electron chi connectivity index (χ3n) is 3.20. The summed E-state index contributed by atoms with van der Waals surface area (Å²) < 4.78 is 10.8. The molecule has 2 N–H and O–H groups in total. The van der Waals surface area contributed by atoms with Crippen LogP contribution in [0, 0.1) is 13.8 Å². The number of aryl methyl sites for hydroxylation is 1. The predicted octanol–water partition coefficient (Wildman–Crippen LogP) is 2.77. The van der Waals surface area contributed by atoms with Gasteiger partial charge in [-0.15, -0.1) is 0 Å². The van der Waals surface area contributed by atoms with Crippen LogP contribution in [0.2, 0.25) is 0 Å². The van der Waals surface area contributed by atoms with Crippen molar-refractivity contribution >= 4 is 6.03 Å². The standard InChI is InChI=1S/C16H20N2O3/c1-12-5-3-7-15(13(12)2)21-10-8-17-16(19)18-11-14-6-4-9-20-14/h3-7,9H,8,10-11H2,1-2H3,(H2,17,18,19). The van der Waals surface area contributed by atoms with Gasteiger partial charge in [-0.1, -0.05) is 12.1 Å². The van der Waals surface area contributed by atoms with E-state index in [4.69, 9.17) is 9.15 Å². The number of carbonyl (C=O) groups excluding carboxylic acids is 1. The molecule has 2 rings (SSSR count). The number of hydrogen-bond acceptors (Lipinski definition) is 3. The summed E-state index contributed by atoms with van der Waals surface area (Å²) in [6.45, 7) is 5.31. The Morgan fingerprint density at radius 3 is 2.81 bits per heavy atom. The van der Waals surface area contributed by atoms with Crippen LogP contribution >= 0.6 is 0 Å². The van der Waals surface area contributed by atoms with Gasteiger partial charge in [-0.05, 0) is 43.2 Å². The van der Waals surface area contributed by atoms with Crippen molar-refractivity contribution in [3.63, 3.8) is 0 Å². The summed E-state index contributed by atoms with van der Waals surface area (Å²) in [6.07, 6.45) is 1.58. The summed E-state index contributed by atoms with van der Waals surface area (Å²) in [5.41, 5.74) is 2.32. The molecule has 1 aromatic heterocycles. The molecule has 0 aliphatic carbocycles. The van der Waals surface area contributed by atoms with Gasteiger partial charge in [-0.25, -0.2) is 4.79 Å². The van der Waals surface area contributed by atoms with Crippen LogP contribution in [0.25, 0.3) is 0 Å². The van der Waals surface area contributed by atoms with Crippen LogP contribution in [0.5, 0.6) is 5.75 Å². The Labute approximate surface area is 124 Å². The molecule has 0 aliphatic heterocycles. The van der Waals surface area contributed by atoms with Crippen molar-refractivity contribution in [2.75, 3.05) is 13.2 Å². The van der Waals surface area contributed by atoms with Crippen molar-refractivity contribution < 1.29 is 13.9 Å². The smallest absolute Gasteiger partial charge is 0.315 e. The van der Waals surface area contributed by atoms with E-state index in [0.717, 1.165) is 17.1 Å². The van der Waals surface area contributed by atoms with Crippen molar-refractivity contribution in [1.82, 2.24) is 10.6 Å². The van der Waals surface area contributed by atoms with Gasteiger partial charge in [-0.2, -0.15) is 0 Å². The number of ether oxygens (including phenoxy) is 1. The summed E-state index contributed by atoms with van der Waals surface area (Å²) in [6, 6.07) is 9.29. The van der Waals surface area contributed by atoms with Gasteiger partial charge in [0.15, 0.2) is 0 Å². The maximum atomic E-state index is 11.6. The molecule has 0 spiro atoms. The molecule has 0 aliphatic rings. The molecule has 2 aromatic rings. The molecule has 21 heavy (non-hydrogen) atoms. The molecule has 5 nitrogen and oxygen atoms in total. The lowest BCUT2D eigenvalue weighted by molar-refractivity contribution is 0.235. The number of benzene rings is 1. The topological polar surface area (TPSA) is 63.5 Å². The molecule has 0 fully saturated rings. The summed E-state index contributed by atoms with van der Waals surface area (Å²) in [4.78, 5) is 11.6. The number of rotatable bonds is 6. The van der Waals surface area contributed by atoms with Crippen LogP contribution in [0.4, 0.5) is 4.79 Å². The summed E-state index contributed by atoms with van der Waals surface area (Å²) in [5, 5.41) is 5.44. The third kappa shape index (κ3) is 4.56. The van der Waals surface area contributed by atoms with Crippen LogP contribution < -0.4 is 15.4 Å². The maximum absolute atomic E-state index is 11.6. The lowest BCUT2D eigenvalue weighted by Crippen LogP contribution is -2.37. The molecule has 0 bridgehead atoms. The van der Waals surface area contributed by atoms with Crippen LogP contribution in [0.15, 0.2) is 41.0 Å². The average Bonchev–Trinajstić information content (AvgIpc) is 2.99. The number of hydrogen-bond donors (Lipinski definition) is 2. The Morgan fingerprint density at radius 2 is 2.05 bits per heavy atom. The van der Waals surface area contributed by atoms with Crippen molar-refractivity contribution in [2.45, 2.75) is 20.4 Å². The molecular formula is C16H20N2O3. The van der Waals surface area contributed by atoms with E-state index in [1.54, 1.807) is 12.3 Å². The Morgan fingerprint density at radius 1 is 1.19 bits per heavy atom. The fourth-order valence-electron chi connectivity index (χ4n) is 1.85. The summed E-state index contributed by atoms with van der Waals surface area (Å²) in [5.74, 6) is 1.57. The SMILES string of the molecule is Cc1cccc(OCCNC(=O)NCc2ccco2)c1C. The van der Waals surface area contributed by atoms with Gasteiger partial charge in [0.1, 0.15) is 18.1 Å². The molecule has 112 valence electrons. The van der Waals surface area contributed by atoms with Gasteiger partial charge >= 0.3 is 6.03 Å². The molecule has 0 radical (unpaired) electrons. The van der Waals surface area contributed by atoms with Crippen molar-refractivity contribution in [1.29, 1.82) is 0 Å². The van der Waals surface area contributed by atoms with Gasteiger partial charge in [0.25, 0.3) is 0 Å². The van der Waals surface area contributed by atoms with Crippen LogP contribution in [0.3, 0.4) is 0 Å². The zero-order valence-corrected chi connectivity index (χ0v) is 12.3. The van der Waals surface area contributed by atoms with Gasteiger partial charge in [0, 0.05) is 0 Å². The number of furan rings is 1. The van der Waals surface area contributed by atoms with Gasteiger partial charge in [0.05, 0.1) is 19.4 Å². The second-order valence-corrected chi connectivity index (χ2v) is 4.74.